The maximum Gasteiger partial charge on any atom is 0.250 e. The Morgan fingerprint density at radius 2 is 1.91 bits per heavy atom. The van der Waals surface area contributed by atoms with Crippen molar-refractivity contribution in [2.24, 2.45) is 5.92 Å². The van der Waals surface area contributed by atoms with Gasteiger partial charge in [-0.05, 0) is 19.3 Å². The first kappa shape index (κ1) is 18.5. The number of amides is 2. The molecule has 2 saturated heterocycles. The van der Waals surface area contributed by atoms with Gasteiger partial charge in [0.05, 0.1) is 6.61 Å². The minimum atomic E-state index is -0.392. The largest absolute Gasteiger partial charge is 0.366 e. The van der Waals surface area contributed by atoms with Crippen molar-refractivity contribution in [2.45, 2.75) is 50.7 Å². The predicted molar refractivity (Wildman–Crippen MR) is 89.6 cm³/mol. The maximum atomic E-state index is 12.5. The highest BCUT2D eigenvalue weighted by Gasteiger charge is 2.33. The summed E-state index contributed by atoms with van der Waals surface area (Å²) in [6.45, 7) is 3.38. The smallest absolute Gasteiger partial charge is 0.250 e. The summed E-state index contributed by atoms with van der Waals surface area (Å²) in [5, 5.41) is 6.20. The predicted octanol–water partition coefficient (Wildman–Crippen LogP) is 0.694. The average Bonchev–Trinajstić information content (AvgIpc) is 3.04. The minimum absolute atomic E-state index is 0. The lowest BCUT2D eigenvalue weighted by molar-refractivity contribution is -0.137. The number of halogens is 1. The highest BCUT2D eigenvalue weighted by Crippen LogP contribution is 2.26. The summed E-state index contributed by atoms with van der Waals surface area (Å²) >= 11 is 0. The summed E-state index contributed by atoms with van der Waals surface area (Å²) in [6, 6.07) is 0.0746. The van der Waals surface area contributed by atoms with Crippen LogP contribution in [0.25, 0.3) is 0 Å². The fourth-order valence-electron chi connectivity index (χ4n) is 3.71. The molecule has 3 fully saturated rings. The normalized spacial score (nSPS) is 29.0. The third-order valence-corrected chi connectivity index (χ3v) is 5.02. The third-order valence-electron chi connectivity index (χ3n) is 5.02. The van der Waals surface area contributed by atoms with Crippen molar-refractivity contribution in [1.82, 2.24) is 15.5 Å². The molecule has 0 aromatic rings. The van der Waals surface area contributed by atoms with Crippen molar-refractivity contribution in [3.05, 3.63) is 0 Å². The summed E-state index contributed by atoms with van der Waals surface area (Å²) in [6.07, 6.45) is 6.15. The number of carbonyl (C=O) groups is 2. The Bertz CT molecular complexity index is 409. The van der Waals surface area contributed by atoms with Gasteiger partial charge < -0.3 is 20.3 Å². The molecule has 132 valence electrons. The Kier molecular flexibility index (Phi) is 7.11. The van der Waals surface area contributed by atoms with Crippen molar-refractivity contribution in [1.29, 1.82) is 0 Å². The Balaban J connectivity index is 0.00000192. The van der Waals surface area contributed by atoms with Crippen LogP contribution in [0.4, 0.5) is 0 Å². The van der Waals surface area contributed by atoms with Gasteiger partial charge in [-0.3, -0.25) is 9.59 Å². The third kappa shape index (κ3) is 4.81. The van der Waals surface area contributed by atoms with Gasteiger partial charge in [-0.25, -0.2) is 0 Å². The standard InChI is InChI=1S/C16H27N3O3.ClH/c20-15(14-10-17-7-9-22-14)18-13-6-8-19(11-13)16(21)12-4-2-1-3-5-12;/h12-14,17H,1-11H2,(H,18,20);1H. The Morgan fingerprint density at radius 3 is 2.61 bits per heavy atom. The van der Waals surface area contributed by atoms with Gasteiger partial charge >= 0.3 is 0 Å². The van der Waals surface area contributed by atoms with Gasteiger partial charge in [0.25, 0.3) is 5.91 Å². The lowest BCUT2D eigenvalue weighted by Gasteiger charge is -2.27. The van der Waals surface area contributed by atoms with Crippen LogP contribution in [0.2, 0.25) is 0 Å². The number of nitrogens with zero attached hydrogens (tertiary/aromatic N) is 1. The molecule has 3 rings (SSSR count). The van der Waals surface area contributed by atoms with Crippen molar-refractivity contribution in [3.8, 4) is 0 Å². The minimum Gasteiger partial charge on any atom is -0.366 e. The topological polar surface area (TPSA) is 70.7 Å². The van der Waals surface area contributed by atoms with Crippen LogP contribution in [-0.4, -0.2) is 61.6 Å². The monoisotopic (exact) mass is 345 g/mol. The number of rotatable bonds is 3. The average molecular weight is 346 g/mol. The van der Waals surface area contributed by atoms with Crippen LogP contribution < -0.4 is 10.6 Å². The highest BCUT2D eigenvalue weighted by molar-refractivity contribution is 5.85. The first-order chi connectivity index (χ1) is 10.7. The van der Waals surface area contributed by atoms with Gasteiger partial charge in [-0.1, -0.05) is 19.3 Å². The zero-order valence-corrected chi connectivity index (χ0v) is 14.4. The molecule has 23 heavy (non-hydrogen) atoms. The quantitative estimate of drug-likeness (QED) is 0.789. The van der Waals surface area contributed by atoms with Gasteiger partial charge in [-0.2, -0.15) is 0 Å². The zero-order chi connectivity index (χ0) is 15.4. The summed E-state index contributed by atoms with van der Waals surface area (Å²) in [4.78, 5) is 26.6. The van der Waals surface area contributed by atoms with Crippen molar-refractivity contribution in [3.63, 3.8) is 0 Å². The molecule has 3 aliphatic rings. The van der Waals surface area contributed by atoms with E-state index >= 15 is 0 Å². The summed E-state index contributed by atoms with van der Waals surface area (Å²) in [5.41, 5.74) is 0. The van der Waals surface area contributed by atoms with Crippen LogP contribution >= 0.6 is 12.4 Å². The molecule has 2 amide bonds. The Morgan fingerprint density at radius 1 is 1.13 bits per heavy atom. The lowest BCUT2D eigenvalue weighted by atomic mass is 9.88. The number of nitrogens with one attached hydrogen (secondary N) is 2. The lowest BCUT2D eigenvalue weighted by Crippen LogP contribution is -2.51. The highest BCUT2D eigenvalue weighted by atomic mass is 35.5. The molecule has 2 aliphatic heterocycles. The van der Waals surface area contributed by atoms with E-state index in [0.29, 0.717) is 25.6 Å². The Hall–Kier alpha value is -0.850. The molecule has 6 nitrogen and oxygen atoms in total. The van der Waals surface area contributed by atoms with E-state index in [2.05, 4.69) is 10.6 Å². The van der Waals surface area contributed by atoms with E-state index in [1.54, 1.807) is 0 Å². The number of hydrogen-bond acceptors (Lipinski definition) is 4. The molecule has 2 atom stereocenters. The van der Waals surface area contributed by atoms with Crippen LogP contribution in [0, 0.1) is 5.92 Å². The Labute approximate surface area is 144 Å². The maximum absolute atomic E-state index is 12.5. The number of likely N-dealkylation sites (tertiary alicyclic amines) is 1. The molecule has 2 heterocycles. The first-order valence-electron chi connectivity index (χ1n) is 8.65. The molecule has 2 N–H and O–H groups in total. The summed E-state index contributed by atoms with van der Waals surface area (Å²) in [5.74, 6) is 0.463. The SMILES string of the molecule is Cl.O=C(NC1CCN(C(=O)C2CCCCC2)C1)C1CNCCO1. The van der Waals surface area contributed by atoms with Crippen molar-refractivity contribution in [2.75, 3.05) is 32.8 Å². The summed E-state index contributed by atoms with van der Waals surface area (Å²) in [7, 11) is 0. The molecule has 1 saturated carbocycles. The van der Waals surface area contributed by atoms with Gasteiger partial charge in [-0.15, -0.1) is 12.4 Å². The second kappa shape index (κ2) is 8.85. The zero-order valence-electron chi connectivity index (χ0n) is 13.6. The van der Waals surface area contributed by atoms with Crippen LogP contribution in [0.5, 0.6) is 0 Å². The fourth-order valence-corrected chi connectivity index (χ4v) is 3.71. The van der Waals surface area contributed by atoms with Gasteiger partial charge in [0, 0.05) is 38.1 Å². The number of carbonyl (C=O) groups excluding carboxylic acids is 2. The molecule has 0 spiro atoms. The molecule has 0 aromatic carbocycles. The van der Waals surface area contributed by atoms with E-state index in [0.717, 1.165) is 32.4 Å². The van der Waals surface area contributed by atoms with Crippen molar-refractivity contribution >= 4 is 24.2 Å². The molecule has 1 aliphatic carbocycles. The van der Waals surface area contributed by atoms with E-state index in [1.807, 2.05) is 4.90 Å². The number of morpholine rings is 1. The van der Waals surface area contributed by atoms with Gasteiger partial charge in [0.2, 0.25) is 5.91 Å². The van der Waals surface area contributed by atoms with Gasteiger partial charge in [0.1, 0.15) is 6.10 Å². The number of hydrogen-bond donors (Lipinski definition) is 2. The van der Waals surface area contributed by atoms with E-state index in [1.165, 1.54) is 19.3 Å². The second-order valence-corrected chi connectivity index (χ2v) is 6.68. The van der Waals surface area contributed by atoms with E-state index < -0.39 is 6.10 Å². The van der Waals surface area contributed by atoms with E-state index in [4.69, 9.17) is 4.74 Å². The molecular weight excluding hydrogens is 318 g/mol. The van der Waals surface area contributed by atoms with Crippen LogP contribution in [0.3, 0.4) is 0 Å². The molecule has 0 bridgehead atoms. The molecule has 0 radical (unpaired) electrons. The fraction of sp³-hybridized carbons (Fsp3) is 0.875. The van der Waals surface area contributed by atoms with Crippen LogP contribution in [-0.2, 0) is 14.3 Å². The van der Waals surface area contributed by atoms with E-state index in [9.17, 15) is 9.59 Å². The molecule has 2 unspecified atom stereocenters. The van der Waals surface area contributed by atoms with Gasteiger partial charge in [0.15, 0.2) is 0 Å². The first-order valence-corrected chi connectivity index (χ1v) is 8.65. The second-order valence-electron chi connectivity index (χ2n) is 6.68. The van der Waals surface area contributed by atoms with E-state index in [-0.39, 0.29) is 30.3 Å². The molecular formula is C16H28ClN3O3. The van der Waals surface area contributed by atoms with Crippen LogP contribution in [0.15, 0.2) is 0 Å². The van der Waals surface area contributed by atoms with Crippen LogP contribution in [0.1, 0.15) is 38.5 Å². The van der Waals surface area contributed by atoms with Crippen molar-refractivity contribution < 1.29 is 14.3 Å². The number of ether oxygens (including phenoxy) is 1. The molecule has 7 heteroatoms. The molecule has 0 aromatic heterocycles. The summed E-state index contributed by atoms with van der Waals surface area (Å²) < 4.78 is 5.46.